The highest BCUT2D eigenvalue weighted by Crippen LogP contribution is 2.57. The van der Waals surface area contributed by atoms with Crippen molar-refractivity contribution in [1.82, 2.24) is 0 Å². The van der Waals surface area contributed by atoms with E-state index in [1.807, 2.05) is 0 Å². The van der Waals surface area contributed by atoms with Gasteiger partial charge in [-0.05, 0) is 47.2 Å². The van der Waals surface area contributed by atoms with Crippen LogP contribution in [0.25, 0.3) is 0 Å². The lowest BCUT2D eigenvalue weighted by atomic mass is 9.71. The maximum atomic E-state index is 14.6. The smallest absolute Gasteiger partial charge is 0.411 e. The fourth-order valence-corrected chi connectivity index (χ4v) is 3.88. The van der Waals surface area contributed by atoms with Crippen LogP contribution in [0.5, 0.6) is 5.75 Å². The van der Waals surface area contributed by atoms with E-state index in [4.69, 9.17) is 9.47 Å². The molecule has 9 heteroatoms. The normalized spacial score (nSPS) is 12.9. The van der Waals surface area contributed by atoms with Crippen LogP contribution in [0.3, 0.4) is 0 Å². The lowest BCUT2D eigenvalue weighted by Crippen LogP contribution is -2.55. The monoisotopic (exact) mass is 464 g/mol. The quantitative estimate of drug-likeness (QED) is 0.472. The lowest BCUT2D eigenvalue weighted by molar-refractivity contribution is -0.288. The molecule has 0 spiro atoms. The molecular weight excluding hydrogens is 438 g/mol. The number of aryl methyl sites for hydroxylation is 2. The van der Waals surface area contributed by atoms with Crippen LogP contribution in [-0.2, 0) is 40.9 Å². The molecular formula is C23H26F6O3. The summed E-state index contributed by atoms with van der Waals surface area (Å²) < 4.78 is 97.4. The van der Waals surface area contributed by atoms with Gasteiger partial charge in [0.2, 0.25) is 5.41 Å². The van der Waals surface area contributed by atoms with E-state index in [0.717, 1.165) is 12.1 Å². The molecule has 3 nitrogen and oxygen atoms in total. The summed E-state index contributed by atoms with van der Waals surface area (Å²) >= 11 is 0. The van der Waals surface area contributed by atoms with Gasteiger partial charge >= 0.3 is 12.4 Å². The number of alkyl halides is 6. The summed E-state index contributed by atoms with van der Waals surface area (Å²) in [4.78, 5) is 0. The van der Waals surface area contributed by atoms with E-state index >= 15 is 0 Å². The van der Waals surface area contributed by atoms with Crippen molar-refractivity contribution in [2.24, 2.45) is 0 Å². The number of phenolic OH excluding ortho intramolecular Hbond substituents is 1. The Balaban J connectivity index is 3.06. The molecule has 0 saturated heterocycles. The SMILES string of the molecule is CCc1cc(CC)cc(C(c2cc(COC)c(O)c(COC)c2)(C(F)(F)F)C(F)(F)F)c1. The molecule has 0 unspecified atom stereocenters. The maximum Gasteiger partial charge on any atom is 0.411 e. The Bertz CT molecular complexity index is 871. The summed E-state index contributed by atoms with van der Waals surface area (Å²) in [5.41, 5.74) is -5.94. The molecule has 0 aromatic heterocycles. The van der Waals surface area contributed by atoms with Crippen molar-refractivity contribution in [1.29, 1.82) is 0 Å². The minimum absolute atomic E-state index is 0.197. The summed E-state index contributed by atoms with van der Waals surface area (Å²) in [5, 5.41) is 10.4. The maximum absolute atomic E-state index is 14.6. The highest BCUT2D eigenvalue weighted by atomic mass is 19.4. The van der Waals surface area contributed by atoms with Gasteiger partial charge in [-0.3, -0.25) is 0 Å². The van der Waals surface area contributed by atoms with Crippen molar-refractivity contribution in [3.05, 3.63) is 63.7 Å². The van der Waals surface area contributed by atoms with Crippen LogP contribution < -0.4 is 0 Å². The number of benzene rings is 2. The largest absolute Gasteiger partial charge is 0.507 e. The minimum Gasteiger partial charge on any atom is -0.507 e. The van der Waals surface area contributed by atoms with Gasteiger partial charge in [-0.2, -0.15) is 26.3 Å². The van der Waals surface area contributed by atoms with E-state index in [2.05, 4.69) is 0 Å². The summed E-state index contributed by atoms with van der Waals surface area (Å²) in [7, 11) is 2.45. The van der Waals surface area contributed by atoms with Gasteiger partial charge < -0.3 is 14.6 Å². The number of rotatable bonds is 8. The van der Waals surface area contributed by atoms with Crippen molar-refractivity contribution >= 4 is 0 Å². The summed E-state index contributed by atoms with van der Waals surface area (Å²) in [6, 6.07) is 4.94. The number of methoxy groups -OCH3 is 2. The van der Waals surface area contributed by atoms with Crippen LogP contribution in [0.15, 0.2) is 30.3 Å². The van der Waals surface area contributed by atoms with Gasteiger partial charge in [0, 0.05) is 25.3 Å². The molecule has 178 valence electrons. The van der Waals surface area contributed by atoms with Crippen LogP contribution in [-0.4, -0.2) is 31.7 Å². The first kappa shape index (κ1) is 26.0. The predicted octanol–water partition coefficient (Wildman–Crippen LogP) is 6.22. The van der Waals surface area contributed by atoms with Gasteiger partial charge in [0.1, 0.15) is 5.75 Å². The molecule has 0 atom stereocenters. The number of hydrogen-bond donors (Lipinski definition) is 1. The highest BCUT2D eigenvalue weighted by Gasteiger charge is 2.72. The first-order valence-corrected chi connectivity index (χ1v) is 9.97. The Hall–Kier alpha value is -2.26. The van der Waals surface area contributed by atoms with Crippen molar-refractivity contribution < 1.29 is 40.9 Å². The first-order valence-electron chi connectivity index (χ1n) is 9.97. The highest BCUT2D eigenvalue weighted by molar-refractivity contribution is 5.53. The lowest BCUT2D eigenvalue weighted by Gasteiger charge is -2.39. The molecule has 0 saturated carbocycles. The average molecular weight is 464 g/mol. The number of hydrogen-bond acceptors (Lipinski definition) is 3. The third kappa shape index (κ3) is 4.59. The molecule has 2 rings (SSSR count). The minimum atomic E-state index is -5.73. The van der Waals surface area contributed by atoms with Crippen molar-refractivity contribution in [3.8, 4) is 5.75 Å². The van der Waals surface area contributed by atoms with Crippen LogP contribution >= 0.6 is 0 Å². The molecule has 1 N–H and O–H groups in total. The molecule has 0 aliphatic rings. The van der Waals surface area contributed by atoms with E-state index in [0.29, 0.717) is 23.3 Å². The standard InChI is InChI=1S/C23H26F6O3/c1-5-14-7-15(6-2)9-18(8-14)21(22(24,25)26,23(27,28)29)19-10-16(12-31-3)20(30)17(11-19)13-32-4/h7-11,30H,5-6,12-13H2,1-4H3. The summed E-state index contributed by atoms with van der Waals surface area (Å²) in [5.74, 6) is -0.466. The van der Waals surface area contributed by atoms with E-state index in [1.165, 1.54) is 14.2 Å². The van der Waals surface area contributed by atoms with Crippen LogP contribution in [0, 0.1) is 0 Å². The molecule has 0 amide bonds. The number of halogens is 6. The molecule has 0 aliphatic heterocycles. The van der Waals surface area contributed by atoms with Crippen LogP contribution in [0.1, 0.15) is 47.2 Å². The van der Waals surface area contributed by atoms with Crippen LogP contribution in [0.4, 0.5) is 26.3 Å². The van der Waals surface area contributed by atoms with Crippen molar-refractivity contribution in [3.63, 3.8) is 0 Å². The molecule has 0 heterocycles. The van der Waals surface area contributed by atoms with Crippen molar-refractivity contribution in [2.45, 2.75) is 57.7 Å². The Morgan fingerprint density at radius 2 is 1.06 bits per heavy atom. The Kier molecular flexibility index (Phi) is 7.88. The Morgan fingerprint density at radius 1 is 0.688 bits per heavy atom. The zero-order valence-corrected chi connectivity index (χ0v) is 18.2. The van der Waals surface area contributed by atoms with Gasteiger partial charge in [0.25, 0.3) is 0 Å². The zero-order chi connectivity index (χ0) is 24.3. The topological polar surface area (TPSA) is 38.7 Å². The second kappa shape index (κ2) is 9.70. The number of aromatic hydroxyl groups is 1. The van der Waals surface area contributed by atoms with E-state index in [1.54, 1.807) is 19.9 Å². The Labute approximate surface area is 183 Å². The molecule has 0 fully saturated rings. The first-order chi connectivity index (χ1) is 14.9. The zero-order valence-electron chi connectivity index (χ0n) is 18.2. The molecule has 2 aromatic carbocycles. The van der Waals surface area contributed by atoms with Gasteiger partial charge in [0.15, 0.2) is 0 Å². The predicted molar refractivity (Wildman–Crippen MR) is 108 cm³/mol. The van der Waals surface area contributed by atoms with E-state index < -0.39 is 34.6 Å². The molecule has 0 bridgehead atoms. The number of ether oxygens (including phenoxy) is 2. The fraction of sp³-hybridized carbons (Fsp3) is 0.478. The third-order valence-corrected chi connectivity index (χ3v) is 5.45. The molecule has 0 radical (unpaired) electrons. The van der Waals surface area contributed by atoms with Gasteiger partial charge in [0.05, 0.1) is 13.2 Å². The van der Waals surface area contributed by atoms with Gasteiger partial charge in [-0.15, -0.1) is 0 Å². The average Bonchev–Trinajstić information content (AvgIpc) is 2.69. The van der Waals surface area contributed by atoms with Gasteiger partial charge in [-0.25, -0.2) is 0 Å². The molecule has 0 aliphatic carbocycles. The summed E-state index contributed by atoms with van der Waals surface area (Å²) in [6.45, 7) is 2.57. The van der Waals surface area contributed by atoms with Crippen LogP contribution in [0.2, 0.25) is 0 Å². The van der Waals surface area contributed by atoms with E-state index in [-0.39, 0.29) is 37.2 Å². The number of phenols is 1. The summed E-state index contributed by atoms with van der Waals surface area (Å²) in [6.07, 6.45) is -10.9. The Morgan fingerprint density at radius 3 is 1.38 bits per heavy atom. The second-order valence-corrected chi connectivity index (χ2v) is 7.50. The fourth-order valence-electron chi connectivity index (χ4n) is 3.88. The second-order valence-electron chi connectivity index (χ2n) is 7.50. The van der Waals surface area contributed by atoms with Crippen molar-refractivity contribution in [2.75, 3.05) is 14.2 Å². The molecule has 32 heavy (non-hydrogen) atoms. The van der Waals surface area contributed by atoms with E-state index in [9.17, 15) is 31.4 Å². The van der Waals surface area contributed by atoms with Gasteiger partial charge in [-0.1, -0.05) is 32.0 Å². The molecule has 2 aromatic rings. The third-order valence-electron chi connectivity index (χ3n) is 5.45.